The molecular formula is C15H14N2O3. The molecule has 0 radical (unpaired) electrons. The lowest BCUT2D eigenvalue weighted by atomic mass is 9.74. The zero-order chi connectivity index (χ0) is 13.5. The maximum atomic E-state index is 12.1. The number of hydrogen-bond acceptors (Lipinski definition) is 4. The Kier molecular flexibility index (Phi) is 2.52. The minimum atomic E-state index is -0.217. The van der Waals surface area contributed by atoms with E-state index in [4.69, 9.17) is 9.47 Å². The molecule has 1 N–H and O–H groups in total. The Balaban J connectivity index is 1.44. The molecule has 1 saturated carbocycles. The van der Waals surface area contributed by atoms with E-state index in [0.29, 0.717) is 28.9 Å². The minimum absolute atomic E-state index is 0.207. The van der Waals surface area contributed by atoms with Crippen molar-refractivity contribution < 1.29 is 14.3 Å². The van der Waals surface area contributed by atoms with Crippen LogP contribution in [-0.4, -0.2) is 18.4 Å². The van der Waals surface area contributed by atoms with Crippen molar-refractivity contribution in [3.63, 3.8) is 0 Å². The number of benzene rings is 1. The number of ether oxygens (including phenoxy) is 2. The SMILES string of the molecule is O=C(N/N=C1/CC2C=CCC12)c1ccc2c(c1)OCO2. The van der Waals surface area contributed by atoms with E-state index in [0.717, 1.165) is 18.6 Å². The van der Waals surface area contributed by atoms with Gasteiger partial charge in [0.25, 0.3) is 5.91 Å². The number of carbonyl (C=O) groups excluding carboxylic acids is 1. The van der Waals surface area contributed by atoms with E-state index in [1.165, 1.54) is 0 Å². The van der Waals surface area contributed by atoms with Crippen molar-refractivity contribution in [2.75, 3.05) is 6.79 Å². The van der Waals surface area contributed by atoms with Crippen LogP contribution in [0.2, 0.25) is 0 Å². The fraction of sp³-hybridized carbons (Fsp3) is 0.333. The van der Waals surface area contributed by atoms with Crippen molar-refractivity contribution in [2.24, 2.45) is 16.9 Å². The second-order valence-electron chi connectivity index (χ2n) is 5.25. The summed E-state index contributed by atoms with van der Waals surface area (Å²) in [5.74, 6) is 2.20. The third-order valence-electron chi connectivity index (χ3n) is 4.10. The van der Waals surface area contributed by atoms with E-state index in [-0.39, 0.29) is 12.7 Å². The summed E-state index contributed by atoms with van der Waals surface area (Å²) >= 11 is 0. The van der Waals surface area contributed by atoms with E-state index in [1.54, 1.807) is 18.2 Å². The highest BCUT2D eigenvalue weighted by Crippen LogP contribution is 2.40. The van der Waals surface area contributed by atoms with Gasteiger partial charge in [0.15, 0.2) is 11.5 Å². The molecule has 2 unspecified atom stereocenters. The predicted molar refractivity (Wildman–Crippen MR) is 72.8 cm³/mol. The summed E-state index contributed by atoms with van der Waals surface area (Å²) in [5, 5.41) is 4.25. The van der Waals surface area contributed by atoms with Crippen molar-refractivity contribution in [2.45, 2.75) is 12.8 Å². The summed E-state index contributed by atoms with van der Waals surface area (Å²) in [6, 6.07) is 5.13. The lowest BCUT2D eigenvalue weighted by molar-refractivity contribution is 0.0953. The molecule has 20 heavy (non-hydrogen) atoms. The fourth-order valence-corrected chi connectivity index (χ4v) is 2.89. The molecule has 0 bridgehead atoms. The molecule has 1 amide bonds. The first-order valence-electron chi connectivity index (χ1n) is 6.74. The van der Waals surface area contributed by atoms with Crippen LogP contribution < -0.4 is 14.9 Å². The predicted octanol–water partition coefficient (Wildman–Crippen LogP) is 2.10. The molecule has 5 heteroatoms. The first kappa shape index (κ1) is 11.5. The van der Waals surface area contributed by atoms with Gasteiger partial charge < -0.3 is 9.47 Å². The summed E-state index contributed by atoms with van der Waals surface area (Å²) in [6.07, 6.45) is 6.44. The third kappa shape index (κ3) is 1.78. The number of fused-ring (bicyclic) bond motifs is 2. The van der Waals surface area contributed by atoms with E-state index in [9.17, 15) is 4.79 Å². The van der Waals surface area contributed by atoms with Crippen LogP contribution in [0.25, 0.3) is 0 Å². The van der Waals surface area contributed by atoms with Crippen molar-refractivity contribution in [1.29, 1.82) is 0 Å². The van der Waals surface area contributed by atoms with Gasteiger partial charge in [-0.05, 0) is 37.0 Å². The van der Waals surface area contributed by atoms with Crippen LogP contribution in [0.3, 0.4) is 0 Å². The molecule has 4 rings (SSSR count). The zero-order valence-electron chi connectivity index (χ0n) is 10.8. The average Bonchev–Trinajstić information content (AvgIpc) is 3.04. The highest BCUT2D eigenvalue weighted by atomic mass is 16.7. The normalized spacial score (nSPS) is 27.3. The van der Waals surface area contributed by atoms with Crippen molar-refractivity contribution in [3.05, 3.63) is 35.9 Å². The molecule has 1 aliphatic heterocycles. The Labute approximate surface area is 116 Å². The van der Waals surface area contributed by atoms with Crippen LogP contribution in [0.15, 0.2) is 35.5 Å². The summed E-state index contributed by atoms with van der Waals surface area (Å²) in [4.78, 5) is 12.1. The molecule has 1 aromatic rings. The number of carbonyl (C=O) groups is 1. The molecule has 0 aromatic heterocycles. The van der Waals surface area contributed by atoms with E-state index < -0.39 is 0 Å². The molecule has 5 nitrogen and oxygen atoms in total. The first-order valence-corrected chi connectivity index (χ1v) is 6.74. The first-order chi connectivity index (χ1) is 9.81. The number of hydrogen-bond donors (Lipinski definition) is 1. The van der Waals surface area contributed by atoms with Crippen molar-refractivity contribution in [3.8, 4) is 11.5 Å². The summed E-state index contributed by atoms with van der Waals surface area (Å²) < 4.78 is 10.5. The Morgan fingerprint density at radius 1 is 1.30 bits per heavy atom. The number of nitrogens with one attached hydrogen (secondary N) is 1. The summed E-state index contributed by atoms with van der Waals surface area (Å²) in [6.45, 7) is 0.207. The Morgan fingerprint density at radius 3 is 3.10 bits per heavy atom. The quantitative estimate of drug-likeness (QED) is 0.661. The number of amides is 1. The number of hydrazone groups is 1. The molecule has 3 aliphatic rings. The van der Waals surface area contributed by atoms with Gasteiger partial charge in [0, 0.05) is 17.2 Å². The summed E-state index contributed by atoms with van der Waals surface area (Å²) in [5.41, 5.74) is 4.25. The molecule has 2 atom stereocenters. The van der Waals surface area contributed by atoms with Crippen LogP contribution >= 0.6 is 0 Å². The lowest BCUT2D eigenvalue weighted by Crippen LogP contribution is -2.35. The lowest BCUT2D eigenvalue weighted by Gasteiger charge is -2.31. The summed E-state index contributed by atoms with van der Waals surface area (Å²) in [7, 11) is 0. The van der Waals surface area contributed by atoms with Gasteiger partial charge in [-0.15, -0.1) is 0 Å². The van der Waals surface area contributed by atoms with Gasteiger partial charge in [0.05, 0.1) is 0 Å². The monoisotopic (exact) mass is 270 g/mol. The molecule has 1 fully saturated rings. The molecule has 2 aliphatic carbocycles. The van der Waals surface area contributed by atoms with Crippen LogP contribution in [0.1, 0.15) is 23.2 Å². The third-order valence-corrected chi connectivity index (χ3v) is 4.10. The van der Waals surface area contributed by atoms with Gasteiger partial charge >= 0.3 is 0 Å². The van der Waals surface area contributed by atoms with Gasteiger partial charge in [-0.1, -0.05) is 12.2 Å². The molecule has 0 saturated heterocycles. The van der Waals surface area contributed by atoms with Crippen LogP contribution in [0.5, 0.6) is 11.5 Å². The molecule has 1 heterocycles. The van der Waals surface area contributed by atoms with E-state index in [2.05, 4.69) is 22.7 Å². The van der Waals surface area contributed by atoms with Gasteiger partial charge in [-0.2, -0.15) is 5.10 Å². The average molecular weight is 270 g/mol. The molecule has 102 valence electrons. The molecule has 1 aromatic carbocycles. The fourth-order valence-electron chi connectivity index (χ4n) is 2.89. The highest BCUT2D eigenvalue weighted by Gasteiger charge is 2.38. The number of allylic oxidation sites excluding steroid dienone is 2. The van der Waals surface area contributed by atoms with E-state index >= 15 is 0 Å². The second-order valence-corrected chi connectivity index (χ2v) is 5.25. The minimum Gasteiger partial charge on any atom is -0.454 e. The maximum Gasteiger partial charge on any atom is 0.271 e. The molecular weight excluding hydrogens is 256 g/mol. The van der Waals surface area contributed by atoms with Crippen LogP contribution in [0.4, 0.5) is 0 Å². The molecule has 0 spiro atoms. The standard InChI is InChI=1S/C15H14N2O3/c18-15(10-4-5-13-14(7-10)20-8-19-13)17-16-12-6-9-2-1-3-11(9)12/h1-2,4-5,7,9,11H,3,6,8H2,(H,17,18)/b16-12-. The number of nitrogens with zero attached hydrogens (tertiary/aromatic N) is 1. The number of rotatable bonds is 2. The van der Waals surface area contributed by atoms with Gasteiger partial charge in [0.1, 0.15) is 0 Å². The Bertz CT molecular complexity index is 636. The van der Waals surface area contributed by atoms with Crippen LogP contribution in [-0.2, 0) is 0 Å². The zero-order valence-corrected chi connectivity index (χ0v) is 10.8. The Morgan fingerprint density at radius 2 is 2.20 bits per heavy atom. The van der Waals surface area contributed by atoms with Crippen molar-refractivity contribution >= 4 is 11.6 Å². The van der Waals surface area contributed by atoms with Gasteiger partial charge in [0.2, 0.25) is 6.79 Å². The largest absolute Gasteiger partial charge is 0.454 e. The van der Waals surface area contributed by atoms with Gasteiger partial charge in [-0.3, -0.25) is 4.79 Å². The highest BCUT2D eigenvalue weighted by molar-refractivity contribution is 5.98. The van der Waals surface area contributed by atoms with Gasteiger partial charge in [-0.25, -0.2) is 5.43 Å². The maximum absolute atomic E-state index is 12.1. The van der Waals surface area contributed by atoms with Crippen molar-refractivity contribution in [1.82, 2.24) is 5.43 Å². The second kappa shape index (κ2) is 4.37. The van der Waals surface area contributed by atoms with Crippen LogP contribution in [0, 0.1) is 11.8 Å². The smallest absolute Gasteiger partial charge is 0.271 e. The topological polar surface area (TPSA) is 59.9 Å². The Hall–Kier alpha value is -2.30. The van der Waals surface area contributed by atoms with E-state index in [1.807, 2.05) is 0 Å².